The molecule has 0 unspecified atom stereocenters. The van der Waals surface area contributed by atoms with Crippen LogP contribution in [0.1, 0.15) is 11.4 Å². The van der Waals surface area contributed by atoms with Gasteiger partial charge in [0.1, 0.15) is 17.2 Å². The van der Waals surface area contributed by atoms with Gasteiger partial charge in [0, 0.05) is 12.3 Å². The Hall–Kier alpha value is -1.69. The van der Waals surface area contributed by atoms with Gasteiger partial charge in [0.05, 0.1) is 24.1 Å². The van der Waals surface area contributed by atoms with E-state index in [1.807, 2.05) is 19.2 Å². The monoisotopic (exact) mass is 247 g/mol. The minimum atomic E-state index is 0.609. The molecule has 0 spiro atoms. The maximum atomic E-state index is 4.26. The number of thioether (sulfide) groups is 1. The summed E-state index contributed by atoms with van der Waals surface area (Å²) in [4.78, 5) is 16.7. The van der Waals surface area contributed by atoms with Crippen molar-refractivity contribution >= 4 is 17.6 Å². The average molecular weight is 247 g/mol. The normalized spacial score (nSPS) is 10.2. The van der Waals surface area contributed by atoms with Crippen LogP contribution in [0.4, 0.5) is 5.82 Å². The van der Waals surface area contributed by atoms with Gasteiger partial charge in [-0.15, -0.1) is 11.8 Å². The van der Waals surface area contributed by atoms with E-state index in [1.165, 1.54) is 0 Å². The topological polar surface area (TPSA) is 63.6 Å². The molecular formula is C11H13N5S. The molecule has 2 aromatic rings. The van der Waals surface area contributed by atoms with Gasteiger partial charge in [0.15, 0.2) is 0 Å². The molecular weight excluding hydrogens is 234 g/mol. The predicted octanol–water partition coefficient (Wildman–Crippen LogP) is 1.91. The third-order valence-corrected chi connectivity index (χ3v) is 2.78. The zero-order valence-electron chi connectivity index (χ0n) is 9.71. The van der Waals surface area contributed by atoms with Crippen LogP contribution in [0.15, 0.2) is 29.8 Å². The maximum absolute atomic E-state index is 4.26. The number of rotatable bonds is 4. The summed E-state index contributed by atoms with van der Waals surface area (Å²) in [5.74, 6) is 0.798. The van der Waals surface area contributed by atoms with Crippen molar-refractivity contribution in [2.45, 2.75) is 18.5 Å². The summed E-state index contributed by atoms with van der Waals surface area (Å²) >= 11 is 1.59. The van der Waals surface area contributed by atoms with Gasteiger partial charge in [-0.3, -0.25) is 9.97 Å². The second-order valence-corrected chi connectivity index (χ2v) is 4.27. The van der Waals surface area contributed by atoms with Gasteiger partial charge in [-0.25, -0.2) is 9.97 Å². The van der Waals surface area contributed by atoms with Crippen molar-refractivity contribution in [3.63, 3.8) is 0 Å². The molecule has 0 aromatic carbocycles. The van der Waals surface area contributed by atoms with Crippen LogP contribution in [-0.4, -0.2) is 26.2 Å². The Labute approximate surface area is 104 Å². The van der Waals surface area contributed by atoms with E-state index in [1.54, 1.807) is 30.5 Å². The summed E-state index contributed by atoms with van der Waals surface area (Å²) in [7, 11) is 0. The molecule has 17 heavy (non-hydrogen) atoms. The summed E-state index contributed by atoms with van der Waals surface area (Å²) in [6.45, 7) is 2.53. The molecule has 5 nitrogen and oxygen atoms in total. The molecule has 2 heterocycles. The minimum Gasteiger partial charge on any atom is -0.364 e. The molecule has 0 aliphatic rings. The van der Waals surface area contributed by atoms with Gasteiger partial charge >= 0.3 is 0 Å². The molecule has 2 aromatic heterocycles. The molecule has 88 valence electrons. The Morgan fingerprint density at radius 1 is 1.18 bits per heavy atom. The van der Waals surface area contributed by atoms with Crippen molar-refractivity contribution in [3.05, 3.63) is 36.2 Å². The van der Waals surface area contributed by atoms with Crippen LogP contribution in [0.3, 0.4) is 0 Å². The summed E-state index contributed by atoms with van der Waals surface area (Å²) < 4.78 is 0. The molecule has 0 radical (unpaired) electrons. The molecule has 0 saturated carbocycles. The number of nitrogens with zero attached hydrogens (tertiary/aromatic N) is 4. The molecule has 6 heteroatoms. The van der Waals surface area contributed by atoms with E-state index in [0.29, 0.717) is 6.54 Å². The number of hydrogen-bond acceptors (Lipinski definition) is 6. The molecule has 0 fully saturated rings. The Balaban J connectivity index is 1.99. The van der Waals surface area contributed by atoms with Gasteiger partial charge in [-0.05, 0) is 13.2 Å². The fourth-order valence-electron chi connectivity index (χ4n) is 1.24. The van der Waals surface area contributed by atoms with Crippen molar-refractivity contribution in [2.75, 3.05) is 11.6 Å². The van der Waals surface area contributed by atoms with Crippen LogP contribution in [0.2, 0.25) is 0 Å². The Bertz CT molecular complexity index is 485. The number of aryl methyl sites for hydroxylation is 1. The highest BCUT2D eigenvalue weighted by molar-refractivity contribution is 7.98. The molecule has 1 N–H and O–H groups in total. The molecule has 0 atom stereocenters. The van der Waals surface area contributed by atoms with Crippen molar-refractivity contribution in [3.8, 4) is 0 Å². The van der Waals surface area contributed by atoms with E-state index in [-0.39, 0.29) is 0 Å². The third kappa shape index (κ3) is 3.39. The van der Waals surface area contributed by atoms with E-state index >= 15 is 0 Å². The SMILES string of the molecule is CSc1cc(NCc2cnc(C)cn2)ncn1. The van der Waals surface area contributed by atoms with Gasteiger partial charge in [0.2, 0.25) is 0 Å². The van der Waals surface area contributed by atoms with E-state index in [2.05, 4.69) is 25.3 Å². The second-order valence-electron chi connectivity index (χ2n) is 3.45. The Morgan fingerprint density at radius 3 is 2.76 bits per heavy atom. The van der Waals surface area contributed by atoms with Crippen LogP contribution in [0.25, 0.3) is 0 Å². The van der Waals surface area contributed by atoms with Crippen molar-refractivity contribution in [2.24, 2.45) is 0 Å². The highest BCUT2D eigenvalue weighted by Gasteiger charge is 1.99. The number of nitrogens with one attached hydrogen (secondary N) is 1. The zero-order valence-corrected chi connectivity index (χ0v) is 10.5. The molecule has 0 aliphatic carbocycles. The lowest BCUT2D eigenvalue weighted by Crippen LogP contribution is -2.04. The standard InChI is InChI=1S/C11H13N5S/c1-8-4-13-9(5-12-8)6-14-10-3-11(17-2)16-7-15-10/h3-5,7H,6H2,1-2H3,(H,14,15,16). The van der Waals surface area contributed by atoms with Crippen LogP contribution in [0, 0.1) is 6.92 Å². The molecule has 0 saturated heterocycles. The first-order valence-corrected chi connectivity index (χ1v) is 6.38. The van der Waals surface area contributed by atoms with Gasteiger partial charge < -0.3 is 5.32 Å². The fourth-order valence-corrected chi connectivity index (χ4v) is 1.62. The first kappa shape index (κ1) is 11.8. The molecule has 0 aliphatic heterocycles. The number of aromatic nitrogens is 4. The summed E-state index contributed by atoms with van der Waals surface area (Å²) in [5, 5.41) is 4.13. The predicted molar refractivity (Wildman–Crippen MR) is 67.9 cm³/mol. The highest BCUT2D eigenvalue weighted by Crippen LogP contribution is 2.13. The van der Waals surface area contributed by atoms with Gasteiger partial charge in [-0.1, -0.05) is 0 Å². The largest absolute Gasteiger partial charge is 0.364 e. The number of anilines is 1. The fraction of sp³-hybridized carbons (Fsp3) is 0.273. The van der Waals surface area contributed by atoms with Crippen LogP contribution in [-0.2, 0) is 6.54 Å². The Kier molecular flexibility index (Phi) is 3.87. The highest BCUT2D eigenvalue weighted by atomic mass is 32.2. The Morgan fingerprint density at radius 2 is 2.06 bits per heavy atom. The summed E-state index contributed by atoms with van der Waals surface area (Å²) in [5.41, 5.74) is 1.81. The van der Waals surface area contributed by atoms with Crippen LogP contribution >= 0.6 is 11.8 Å². The average Bonchev–Trinajstić information content (AvgIpc) is 2.38. The van der Waals surface area contributed by atoms with Gasteiger partial charge in [0.25, 0.3) is 0 Å². The summed E-state index contributed by atoms with van der Waals surface area (Å²) in [6.07, 6.45) is 7.05. The van der Waals surface area contributed by atoms with Crippen molar-refractivity contribution in [1.82, 2.24) is 19.9 Å². The lowest BCUT2D eigenvalue weighted by molar-refractivity contribution is 0.962. The number of hydrogen-bond donors (Lipinski definition) is 1. The maximum Gasteiger partial charge on any atom is 0.130 e. The zero-order chi connectivity index (χ0) is 12.1. The minimum absolute atomic E-state index is 0.609. The quantitative estimate of drug-likeness (QED) is 0.657. The lowest BCUT2D eigenvalue weighted by atomic mass is 10.4. The molecule has 0 amide bonds. The first-order chi connectivity index (χ1) is 8.28. The van der Waals surface area contributed by atoms with E-state index < -0.39 is 0 Å². The van der Waals surface area contributed by atoms with Crippen LogP contribution in [0.5, 0.6) is 0 Å². The van der Waals surface area contributed by atoms with Gasteiger partial charge in [-0.2, -0.15) is 0 Å². The van der Waals surface area contributed by atoms with Crippen LogP contribution < -0.4 is 5.32 Å². The van der Waals surface area contributed by atoms with Crippen molar-refractivity contribution in [1.29, 1.82) is 0 Å². The molecule has 0 bridgehead atoms. The van der Waals surface area contributed by atoms with E-state index in [0.717, 1.165) is 22.2 Å². The smallest absolute Gasteiger partial charge is 0.130 e. The lowest BCUT2D eigenvalue weighted by Gasteiger charge is -2.05. The first-order valence-electron chi connectivity index (χ1n) is 5.15. The summed E-state index contributed by atoms with van der Waals surface area (Å²) in [6, 6.07) is 1.91. The van der Waals surface area contributed by atoms with Crippen molar-refractivity contribution < 1.29 is 0 Å². The van der Waals surface area contributed by atoms with E-state index in [9.17, 15) is 0 Å². The second kappa shape index (κ2) is 5.58. The third-order valence-electron chi connectivity index (χ3n) is 2.14. The molecule has 2 rings (SSSR count). The van der Waals surface area contributed by atoms with E-state index in [4.69, 9.17) is 0 Å².